The fourth-order valence-electron chi connectivity index (χ4n) is 2.90. The van der Waals surface area contributed by atoms with Gasteiger partial charge in [0.05, 0.1) is 5.54 Å². The van der Waals surface area contributed by atoms with E-state index in [0.717, 1.165) is 5.56 Å². The van der Waals surface area contributed by atoms with Crippen molar-refractivity contribution in [3.8, 4) is 0 Å². The molecule has 24 heavy (non-hydrogen) atoms. The molecule has 1 aliphatic heterocycles. The van der Waals surface area contributed by atoms with Crippen LogP contribution in [0.2, 0.25) is 5.02 Å². The zero-order valence-corrected chi connectivity index (χ0v) is 15.7. The van der Waals surface area contributed by atoms with E-state index >= 15 is 0 Å². The molecule has 1 fully saturated rings. The molecule has 3 rings (SSSR count). The highest BCUT2D eigenvalue weighted by molar-refractivity contribution is 14.1. The third kappa shape index (κ3) is 3.73. The van der Waals surface area contributed by atoms with Crippen LogP contribution in [0.3, 0.4) is 0 Å². The van der Waals surface area contributed by atoms with Crippen LogP contribution in [0.1, 0.15) is 28.8 Å². The Kier molecular flexibility index (Phi) is 5.42. The number of hydrogen-bond donors (Lipinski definition) is 1. The summed E-state index contributed by atoms with van der Waals surface area (Å²) in [5.74, 6) is -0.682. The molecule has 1 N–H and O–H groups in total. The second-order valence-electron chi connectivity index (χ2n) is 5.78. The minimum absolute atomic E-state index is 0.290. The van der Waals surface area contributed by atoms with Crippen molar-refractivity contribution in [3.05, 3.63) is 68.0 Å². The van der Waals surface area contributed by atoms with E-state index in [1.54, 1.807) is 12.1 Å². The van der Waals surface area contributed by atoms with Crippen LogP contribution >= 0.6 is 34.2 Å². The number of rotatable bonds is 3. The molecular weight excluding hydrogens is 444 g/mol. The summed E-state index contributed by atoms with van der Waals surface area (Å²) < 4.78 is 19.7. The summed E-state index contributed by atoms with van der Waals surface area (Å²) in [6, 6.07) is 12.0. The lowest BCUT2D eigenvalue weighted by Crippen LogP contribution is -2.49. The van der Waals surface area contributed by atoms with Gasteiger partial charge in [-0.15, -0.1) is 0 Å². The van der Waals surface area contributed by atoms with E-state index in [1.165, 1.54) is 6.07 Å². The van der Waals surface area contributed by atoms with E-state index in [2.05, 4.69) is 5.32 Å². The van der Waals surface area contributed by atoms with Crippen LogP contribution in [0.4, 0.5) is 4.39 Å². The fraction of sp³-hybridized carbons (Fsp3) is 0.278. The monoisotopic (exact) mass is 459 g/mol. The molecule has 126 valence electrons. The van der Waals surface area contributed by atoms with Gasteiger partial charge in [-0.3, -0.25) is 4.79 Å². The summed E-state index contributed by atoms with van der Waals surface area (Å²) in [6.07, 6.45) is 1.32. The summed E-state index contributed by atoms with van der Waals surface area (Å²) in [7, 11) is 0. The Morgan fingerprint density at radius 1 is 1.17 bits per heavy atom. The van der Waals surface area contributed by atoms with Crippen LogP contribution in [0.25, 0.3) is 0 Å². The van der Waals surface area contributed by atoms with Crippen molar-refractivity contribution in [2.45, 2.75) is 18.4 Å². The second-order valence-corrected chi connectivity index (χ2v) is 7.38. The van der Waals surface area contributed by atoms with E-state index in [4.69, 9.17) is 16.3 Å². The van der Waals surface area contributed by atoms with Gasteiger partial charge in [0.15, 0.2) is 0 Å². The molecule has 0 saturated carbocycles. The van der Waals surface area contributed by atoms with Crippen molar-refractivity contribution >= 4 is 40.1 Å². The first-order valence-corrected chi connectivity index (χ1v) is 9.07. The van der Waals surface area contributed by atoms with Crippen molar-refractivity contribution in [2.24, 2.45) is 0 Å². The van der Waals surface area contributed by atoms with E-state index in [0.29, 0.717) is 40.2 Å². The maximum atomic E-state index is 13.8. The molecule has 0 aliphatic carbocycles. The lowest BCUT2D eigenvalue weighted by atomic mass is 9.82. The van der Waals surface area contributed by atoms with E-state index < -0.39 is 11.4 Å². The van der Waals surface area contributed by atoms with Crippen LogP contribution in [0.5, 0.6) is 0 Å². The highest BCUT2D eigenvalue weighted by Crippen LogP contribution is 2.33. The zero-order valence-electron chi connectivity index (χ0n) is 12.8. The van der Waals surface area contributed by atoms with E-state index in [9.17, 15) is 9.18 Å². The average molecular weight is 460 g/mol. The molecule has 2 aromatic rings. The smallest absolute Gasteiger partial charge is 0.252 e. The maximum absolute atomic E-state index is 13.8. The lowest BCUT2D eigenvalue weighted by molar-refractivity contribution is 0.0345. The van der Waals surface area contributed by atoms with Crippen LogP contribution in [0, 0.1) is 9.39 Å². The van der Waals surface area contributed by atoms with Gasteiger partial charge in [0, 0.05) is 27.4 Å². The summed E-state index contributed by atoms with van der Waals surface area (Å²) in [5, 5.41) is 3.75. The van der Waals surface area contributed by atoms with Crippen molar-refractivity contribution in [3.63, 3.8) is 0 Å². The van der Waals surface area contributed by atoms with Gasteiger partial charge < -0.3 is 10.1 Å². The molecule has 0 aromatic heterocycles. The lowest BCUT2D eigenvalue weighted by Gasteiger charge is -2.38. The number of carbonyl (C=O) groups excluding carboxylic acids is 1. The number of ether oxygens (including phenoxy) is 1. The molecule has 1 aliphatic rings. The maximum Gasteiger partial charge on any atom is 0.252 e. The summed E-state index contributed by atoms with van der Waals surface area (Å²) in [6.45, 7) is 1.12. The molecular formula is C18H16ClFINO2. The first-order chi connectivity index (χ1) is 11.5. The Balaban J connectivity index is 1.90. The topological polar surface area (TPSA) is 38.3 Å². The Labute approximate surface area is 158 Å². The van der Waals surface area contributed by atoms with Gasteiger partial charge in [0.25, 0.3) is 5.91 Å². The molecule has 0 atom stereocenters. The minimum atomic E-state index is -0.528. The predicted molar refractivity (Wildman–Crippen MR) is 99.8 cm³/mol. The molecule has 2 aromatic carbocycles. The highest BCUT2D eigenvalue weighted by Gasteiger charge is 2.36. The molecule has 3 nitrogen and oxygen atoms in total. The van der Waals surface area contributed by atoms with Crippen LogP contribution in [-0.2, 0) is 10.3 Å². The summed E-state index contributed by atoms with van der Waals surface area (Å²) >= 11 is 7.87. The zero-order chi connectivity index (χ0) is 17.2. The number of nitrogens with one attached hydrogen (secondary N) is 1. The number of halogens is 3. The Morgan fingerprint density at radius 3 is 2.46 bits per heavy atom. The summed E-state index contributed by atoms with van der Waals surface area (Å²) in [5.41, 5.74) is 0.765. The number of hydrogen-bond acceptors (Lipinski definition) is 2. The van der Waals surface area contributed by atoms with E-state index in [-0.39, 0.29) is 5.91 Å². The Hall–Kier alpha value is -1.18. The van der Waals surface area contributed by atoms with Crippen LogP contribution in [0.15, 0.2) is 42.5 Å². The fourth-order valence-corrected chi connectivity index (χ4v) is 3.36. The molecule has 0 radical (unpaired) electrons. The van der Waals surface area contributed by atoms with Crippen LogP contribution < -0.4 is 5.32 Å². The molecule has 0 unspecified atom stereocenters. The third-order valence-corrected chi connectivity index (χ3v) is 5.40. The first kappa shape index (κ1) is 17.6. The van der Waals surface area contributed by atoms with E-state index in [1.807, 2.05) is 46.9 Å². The average Bonchev–Trinajstić information content (AvgIpc) is 2.58. The number of carbonyl (C=O) groups is 1. The van der Waals surface area contributed by atoms with Gasteiger partial charge >= 0.3 is 0 Å². The SMILES string of the molecule is O=C(NC1(c2ccc(Cl)cc2)CCOCC1)c1ccc(I)c(F)c1. The molecule has 1 saturated heterocycles. The van der Waals surface area contributed by atoms with Gasteiger partial charge in [0.2, 0.25) is 0 Å². The normalized spacial score (nSPS) is 16.6. The van der Waals surface area contributed by atoms with Crippen molar-refractivity contribution < 1.29 is 13.9 Å². The van der Waals surface area contributed by atoms with Gasteiger partial charge in [-0.25, -0.2) is 4.39 Å². The van der Waals surface area contributed by atoms with Crippen molar-refractivity contribution in [2.75, 3.05) is 13.2 Å². The molecule has 0 bridgehead atoms. The molecule has 1 amide bonds. The second kappa shape index (κ2) is 7.37. The Morgan fingerprint density at radius 2 is 1.83 bits per heavy atom. The molecule has 1 heterocycles. The van der Waals surface area contributed by atoms with Gasteiger partial charge in [-0.1, -0.05) is 23.7 Å². The minimum Gasteiger partial charge on any atom is -0.381 e. The first-order valence-electron chi connectivity index (χ1n) is 7.61. The number of benzene rings is 2. The van der Waals surface area contributed by atoms with Crippen molar-refractivity contribution in [1.82, 2.24) is 5.32 Å². The quantitative estimate of drug-likeness (QED) is 0.686. The standard InChI is InChI=1S/C18H16ClFINO2/c19-14-4-2-13(3-5-14)18(7-9-24-10-8-18)22-17(23)12-1-6-16(21)15(20)11-12/h1-6,11H,7-10H2,(H,22,23). The summed E-state index contributed by atoms with van der Waals surface area (Å²) in [4.78, 5) is 12.7. The van der Waals surface area contributed by atoms with Gasteiger partial charge in [-0.2, -0.15) is 0 Å². The number of amides is 1. The third-order valence-electron chi connectivity index (χ3n) is 4.28. The largest absolute Gasteiger partial charge is 0.381 e. The Bertz CT molecular complexity index is 745. The molecule has 0 spiro atoms. The predicted octanol–water partition coefficient (Wildman–Crippen LogP) is 4.52. The van der Waals surface area contributed by atoms with Crippen LogP contribution in [-0.4, -0.2) is 19.1 Å². The van der Waals surface area contributed by atoms with Crippen molar-refractivity contribution in [1.29, 1.82) is 0 Å². The van der Waals surface area contributed by atoms with Gasteiger partial charge in [0.1, 0.15) is 5.82 Å². The van der Waals surface area contributed by atoms with Gasteiger partial charge in [-0.05, 0) is 71.3 Å². The highest BCUT2D eigenvalue weighted by atomic mass is 127. The molecule has 6 heteroatoms.